The monoisotopic (exact) mass is 400 g/mol. The largest absolute Gasteiger partial charge is 0.480 e. The Hall–Kier alpha value is -3.75. The zero-order chi connectivity index (χ0) is 21.0. The fourth-order valence-electron chi connectivity index (χ4n) is 2.65. The summed E-state index contributed by atoms with van der Waals surface area (Å²) in [5.74, 6) is -1.84. The van der Waals surface area contributed by atoms with E-state index in [1.165, 1.54) is 24.5 Å². The molecule has 1 atom stereocenters. The Bertz CT molecular complexity index is 948. The normalized spacial score (nSPS) is 13.8. The number of hydrogen-bond donors (Lipinski definition) is 3. The van der Waals surface area contributed by atoms with Crippen molar-refractivity contribution >= 4 is 23.9 Å². The second kappa shape index (κ2) is 8.51. The molecule has 1 aromatic carbocycles. The van der Waals surface area contributed by atoms with Crippen LogP contribution in [0.15, 0.2) is 46.7 Å². The predicted octanol–water partition coefficient (Wildman–Crippen LogP) is 2.00. The number of amides is 2. The summed E-state index contributed by atoms with van der Waals surface area (Å²) in [7, 11) is 0. The van der Waals surface area contributed by atoms with Gasteiger partial charge in [0.1, 0.15) is 11.7 Å². The van der Waals surface area contributed by atoms with E-state index in [1.54, 1.807) is 32.0 Å². The molecule has 0 saturated heterocycles. The lowest BCUT2D eigenvalue weighted by Gasteiger charge is -2.19. The number of carbonyl (C=O) groups excluding carboxylic acids is 2. The maximum Gasteiger partial charge on any atom is 0.326 e. The number of nitrogens with one attached hydrogen (secondary N) is 2. The van der Waals surface area contributed by atoms with Crippen LogP contribution in [0, 0.1) is 5.92 Å². The molecule has 9 nitrogen and oxygen atoms in total. The number of benzene rings is 1. The summed E-state index contributed by atoms with van der Waals surface area (Å²) < 4.78 is 15.6. The highest BCUT2D eigenvalue weighted by Crippen LogP contribution is 2.33. The lowest BCUT2D eigenvalue weighted by Crippen LogP contribution is -2.47. The van der Waals surface area contributed by atoms with E-state index in [2.05, 4.69) is 10.6 Å². The lowest BCUT2D eigenvalue weighted by molar-refractivity contribution is -0.142. The van der Waals surface area contributed by atoms with Crippen molar-refractivity contribution in [3.8, 4) is 11.5 Å². The molecular formula is C20H20N2O7. The molecule has 1 aliphatic rings. The van der Waals surface area contributed by atoms with Gasteiger partial charge in [0.25, 0.3) is 11.8 Å². The van der Waals surface area contributed by atoms with Crippen LogP contribution in [0.1, 0.15) is 30.0 Å². The van der Waals surface area contributed by atoms with E-state index in [9.17, 15) is 19.5 Å². The quantitative estimate of drug-likeness (QED) is 0.607. The molecule has 2 amide bonds. The van der Waals surface area contributed by atoms with Crippen LogP contribution in [0.25, 0.3) is 6.08 Å². The van der Waals surface area contributed by atoms with Crippen molar-refractivity contribution in [3.05, 3.63) is 53.6 Å². The van der Waals surface area contributed by atoms with Crippen molar-refractivity contribution < 1.29 is 33.4 Å². The second-order valence-corrected chi connectivity index (χ2v) is 6.64. The van der Waals surface area contributed by atoms with Crippen LogP contribution in [-0.2, 0) is 9.59 Å². The zero-order valence-corrected chi connectivity index (χ0v) is 15.8. The van der Waals surface area contributed by atoms with Gasteiger partial charge in [-0.15, -0.1) is 0 Å². The number of carboxylic acid groups (broad SMARTS) is 1. The first-order valence-electron chi connectivity index (χ1n) is 8.85. The van der Waals surface area contributed by atoms with Gasteiger partial charge < -0.3 is 29.6 Å². The second-order valence-electron chi connectivity index (χ2n) is 6.64. The lowest BCUT2D eigenvalue weighted by atomic mass is 10.0. The number of rotatable bonds is 7. The Morgan fingerprint density at radius 1 is 1.14 bits per heavy atom. The molecule has 0 aliphatic carbocycles. The average Bonchev–Trinajstić information content (AvgIpc) is 3.36. The summed E-state index contributed by atoms with van der Waals surface area (Å²) in [6.07, 6.45) is 2.74. The van der Waals surface area contributed by atoms with E-state index >= 15 is 0 Å². The molecule has 152 valence electrons. The SMILES string of the molecule is CC(C)[C@H](NC(=O)/C(=C\c1ccc2c(c1)OCO2)NC(=O)c1ccco1)C(=O)O. The maximum absolute atomic E-state index is 12.8. The van der Waals surface area contributed by atoms with Gasteiger partial charge in [0, 0.05) is 0 Å². The van der Waals surface area contributed by atoms with Crippen molar-refractivity contribution in [3.63, 3.8) is 0 Å². The molecular weight excluding hydrogens is 380 g/mol. The van der Waals surface area contributed by atoms with Gasteiger partial charge in [0.2, 0.25) is 6.79 Å². The molecule has 0 bridgehead atoms. The predicted molar refractivity (Wildman–Crippen MR) is 101 cm³/mol. The van der Waals surface area contributed by atoms with E-state index < -0.39 is 23.8 Å². The zero-order valence-electron chi connectivity index (χ0n) is 15.8. The third kappa shape index (κ3) is 4.75. The Kier molecular flexibility index (Phi) is 5.87. The number of furan rings is 1. The van der Waals surface area contributed by atoms with Crippen molar-refractivity contribution in [1.29, 1.82) is 0 Å². The molecule has 9 heteroatoms. The topological polar surface area (TPSA) is 127 Å². The molecule has 0 unspecified atom stereocenters. The van der Waals surface area contributed by atoms with E-state index in [4.69, 9.17) is 13.9 Å². The van der Waals surface area contributed by atoms with Crippen LogP contribution in [0.5, 0.6) is 11.5 Å². The van der Waals surface area contributed by atoms with E-state index in [0.717, 1.165) is 0 Å². The van der Waals surface area contributed by atoms with Crippen LogP contribution in [0.3, 0.4) is 0 Å². The minimum Gasteiger partial charge on any atom is -0.480 e. The third-order valence-corrected chi connectivity index (χ3v) is 4.16. The van der Waals surface area contributed by atoms with Crippen LogP contribution in [0.4, 0.5) is 0 Å². The first-order chi connectivity index (χ1) is 13.8. The Labute approximate surface area is 166 Å². The van der Waals surface area contributed by atoms with Gasteiger partial charge >= 0.3 is 5.97 Å². The average molecular weight is 400 g/mol. The molecule has 0 saturated carbocycles. The minimum atomic E-state index is -1.17. The van der Waals surface area contributed by atoms with Crippen molar-refractivity contribution in [2.24, 2.45) is 5.92 Å². The van der Waals surface area contributed by atoms with Gasteiger partial charge in [-0.3, -0.25) is 9.59 Å². The molecule has 0 spiro atoms. The highest BCUT2D eigenvalue weighted by atomic mass is 16.7. The number of aliphatic carboxylic acids is 1. The number of carboxylic acids is 1. The van der Waals surface area contributed by atoms with Gasteiger partial charge in [-0.1, -0.05) is 19.9 Å². The first kappa shape index (κ1) is 20.0. The van der Waals surface area contributed by atoms with Crippen LogP contribution < -0.4 is 20.1 Å². The minimum absolute atomic E-state index is 0.00744. The number of hydrogen-bond acceptors (Lipinski definition) is 6. The summed E-state index contributed by atoms with van der Waals surface area (Å²) in [6, 6.07) is 6.85. The highest BCUT2D eigenvalue weighted by Gasteiger charge is 2.26. The van der Waals surface area contributed by atoms with Crippen LogP contribution in [0.2, 0.25) is 0 Å². The molecule has 0 radical (unpaired) electrons. The van der Waals surface area contributed by atoms with E-state index in [-0.39, 0.29) is 24.2 Å². The van der Waals surface area contributed by atoms with Crippen LogP contribution >= 0.6 is 0 Å². The van der Waals surface area contributed by atoms with Crippen molar-refractivity contribution in [2.75, 3.05) is 6.79 Å². The summed E-state index contributed by atoms with van der Waals surface area (Å²) in [4.78, 5) is 36.6. The van der Waals surface area contributed by atoms with Crippen LogP contribution in [-0.4, -0.2) is 35.7 Å². The standard InChI is InChI=1S/C20H20N2O7/c1-11(2)17(20(25)26)22-18(23)13(21-19(24)15-4-3-7-27-15)8-12-5-6-14-16(9-12)29-10-28-14/h3-9,11,17H,10H2,1-2H3,(H,21,24)(H,22,23)(H,25,26)/b13-8+/t17-/m0/s1. The highest BCUT2D eigenvalue weighted by molar-refractivity contribution is 6.05. The fraction of sp³-hybridized carbons (Fsp3) is 0.250. The summed E-state index contributed by atoms with van der Waals surface area (Å²) >= 11 is 0. The first-order valence-corrected chi connectivity index (χ1v) is 8.85. The van der Waals surface area contributed by atoms with Crippen molar-refractivity contribution in [2.45, 2.75) is 19.9 Å². The van der Waals surface area contributed by atoms with Gasteiger partial charge in [-0.2, -0.15) is 0 Å². The molecule has 2 heterocycles. The molecule has 0 fully saturated rings. The Balaban J connectivity index is 1.89. The fourth-order valence-corrected chi connectivity index (χ4v) is 2.65. The van der Waals surface area contributed by atoms with Gasteiger partial charge in [-0.05, 0) is 41.8 Å². The molecule has 1 aromatic heterocycles. The van der Waals surface area contributed by atoms with E-state index in [1.807, 2.05) is 0 Å². The Morgan fingerprint density at radius 3 is 2.55 bits per heavy atom. The molecule has 3 N–H and O–H groups in total. The van der Waals surface area contributed by atoms with Gasteiger partial charge in [-0.25, -0.2) is 4.79 Å². The molecule has 1 aliphatic heterocycles. The van der Waals surface area contributed by atoms with Gasteiger partial charge in [0.15, 0.2) is 17.3 Å². The molecule has 2 aromatic rings. The molecule has 29 heavy (non-hydrogen) atoms. The maximum atomic E-state index is 12.8. The number of ether oxygens (including phenoxy) is 2. The summed E-state index contributed by atoms with van der Waals surface area (Å²) in [5, 5.41) is 14.2. The third-order valence-electron chi connectivity index (χ3n) is 4.16. The van der Waals surface area contributed by atoms with Crippen molar-refractivity contribution in [1.82, 2.24) is 10.6 Å². The summed E-state index contributed by atoms with van der Waals surface area (Å²) in [6.45, 7) is 3.43. The van der Waals surface area contributed by atoms with Gasteiger partial charge in [0.05, 0.1) is 6.26 Å². The van der Waals surface area contributed by atoms with E-state index in [0.29, 0.717) is 17.1 Å². The Morgan fingerprint density at radius 2 is 1.90 bits per heavy atom. The summed E-state index contributed by atoms with van der Waals surface area (Å²) in [5.41, 5.74) is 0.410. The smallest absolute Gasteiger partial charge is 0.326 e. The number of carbonyl (C=O) groups is 3. The molecule has 3 rings (SSSR count). The number of fused-ring (bicyclic) bond motifs is 1.